The molecule has 1 atom stereocenters. The molecule has 0 saturated carbocycles. The average Bonchev–Trinajstić information content (AvgIpc) is 2.67. The molecule has 0 fully saturated rings. The third-order valence-electron chi connectivity index (χ3n) is 3.97. The number of allylic oxidation sites excluding steroid dienone is 1. The minimum atomic E-state index is -0.475. The lowest BCUT2D eigenvalue weighted by molar-refractivity contribution is -0.384. The number of hydrogen-bond donors (Lipinski definition) is 0. The second-order valence-electron chi connectivity index (χ2n) is 5.84. The molecule has 0 amide bonds. The number of halogens is 1. The van der Waals surface area contributed by atoms with E-state index in [1.807, 2.05) is 19.9 Å². The van der Waals surface area contributed by atoms with Gasteiger partial charge in [-0.25, -0.2) is 0 Å². The van der Waals surface area contributed by atoms with Crippen molar-refractivity contribution in [3.8, 4) is 17.6 Å². The highest BCUT2D eigenvalue weighted by molar-refractivity contribution is 9.10. The third-order valence-corrected chi connectivity index (χ3v) is 4.56. The minimum Gasteiger partial charge on any atom is -0.493 e. The molecule has 27 heavy (non-hydrogen) atoms. The number of benzene rings is 2. The lowest BCUT2D eigenvalue weighted by Gasteiger charge is -2.17. The van der Waals surface area contributed by atoms with Crippen LogP contribution in [0.2, 0.25) is 0 Å². The number of ether oxygens (including phenoxy) is 2. The maximum absolute atomic E-state index is 10.8. The number of nitriles is 1. The van der Waals surface area contributed by atoms with Crippen molar-refractivity contribution in [2.75, 3.05) is 7.11 Å². The normalized spacial score (nSPS) is 12.2. The Balaban J connectivity index is 2.42. The highest BCUT2D eigenvalue weighted by Gasteiger charge is 2.14. The Morgan fingerprint density at radius 1 is 1.37 bits per heavy atom. The number of rotatable bonds is 7. The average molecular weight is 431 g/mol. The third kappa shape index (κ3) is 5.08. The van der Waals surface area contributed by atoms with Gasteiger partial charge in [-0.3, -0.25) is 10.1 Å². The van der Waals surface area contributed by atoms with Crippen LogP contribution in [0.4, 0.5) is 5.69 Å². The molecule has 6 nitrogen and oxygen atoms in total. The van der Waals surface area contributed by atoms with Crippen LogP contribution in [0.5, 0.6) is 11.5 Å². The zero-order chi connectivity index (χ0) is 20.0. The predicted octanol–water partition coefficient (Wildman–Crippen LogP) is 5.61. The van der Waals surface area contributed by atoms with Gasteiger partial charge in [0.25, 0.3) is 5.69 Å². The molecule has 0 aliphatic heterocycles. The standard InChI is InChI=1S/C20H19BrN2O4/c1-4-13(2)27-20-18(21)10-14(11-19(20)26-3)9-16(12-22)15-5-7-17(8-6-15)23(24)25/h5-11,13H,4H2,1-3H3/b16-9-/t13-/m1/s1. The monoisotopic (exact) mass is 430 g/mol. The van der Waals surface area contributed by atoms with Crippen LogP contribution in [-0.4, -0.2) is 18.1 Å². The predicted molar refractivity (Wildman–Crippen MR) is 108 cm³/mol. The lowest BCUT2D eigenvalue weighted by atomic mass is 10.0. The molecule has 0 spiro atoms. The molecule has 0 unspecified atom stereocenters. The quantitative estimate of drug-likeness (QED) is 0.246. The van der Waals surface area contributed by atoms with E-state index in [-0.39, 0.29) is 11.8 Å². The van der Waals surface area contributed by atoms with Crippen molar-refractivity contribution in [2.24, 2.45) is 0 Å². The molecule has 0 N–H and O–H groups in total. The molecule has 140 valence electrons. The van der Waals surface area contributed by atoms with Gasteiger partial charge in [0.2, 0.25) is 0 Å². The van der Waals surface area contributed by atoms with Crippen molar-refractivity contribution in [1.82, 2.24) is 0 Å². The van der Waals surface area contributed by atoms with Crippen LogP contribution in [-0.2, 0) is 0 Å². The molecule has 0 aromatic heterocycles. The van der Waals surface area contributed by atoms with Gasteiger partial charge in [-0.15, -0.1) is 0 Å². The number of methoxy groups -OCH3 is 1. The summed E-state index contributed by atoms with van der Waals surface area (Å²) in [6, 6.07) is 11.6. The summed E-state index contributed by atoms with van der Waals surface area (Å²) in [5.74, 6) is 1.16. The van der Waals surface area contributed by atoms with Crippen LogP contribution in [0.15, 0.2) is 40.9 Å². The van der Waals surface area contributed by atoms with Crippen LogP contribution in [0.25, 0.3) is 11.6 Å². The number of nitro groups is 1. The summed E-state index contributed by atoms with van der Waals surface area (Å²) in [6.07, 6.45) is 2.59. The van der Waals surface area contributed by atoms with E-state index in [4.69, 9.17) is 9.47 Å². The number of nitrogens with zero attached hydrogens (tertiary/aromatic N) is 2. The highest BCUT2D eigenvalue weighted by atomic mass is 79.9. The Bertz CT molecular complexity index is 901. The topological polar surface area (TPSA) is 85.4 Å². The second-order valence-corrected chi connectivity index (χ2v) is 6.70. The molecule has 7 heteroatoms. The van der Waals surface area contributed by atoms with Gasteiger partial charge in [-0.05, 0) is 70.7 Å². The van der Waals surface area contributed by atoms with E-state index in [1.54, 1.807) is 31.4 Å². The van der Waals surface area contributed by atoms with E-state index in [2.05, 4.69) is 22.0 Å². The van der Waals surface area contributed by atoms with E-state index in [0.717, 1.165) is 16.5 Å². The fraction of sp³-hybridized carbons (Fsp3) is 0.250. The Hall–Kier alpha value is -2.85. The van der Waals surface area contributed by atoms with Crippen molar-refractivity contribution >= 4 is 33.3 Å². The van der Waals surface area contributed by atoms with E-state index in [9.17, 15) is 15.4 Å². The molecular weight excluding hydrogens is 412 g/mol. The highest BCUT2D eigenvalue weighted by Crippen LogP contribution is 2.38. The van der Waals surface area contributed by atoms with E-state index in [1.165, 1.54) is 12.1 Å². The van der Waals surface area contributed by atoms with Gasteiger partial charge in [0.15, 0.2) is 11.5 Å². The van der Waals surface area contributed by atoms with Gasteiger partial charge in [0, 0.05) is 12.1 Å². The summed E-state index contributed by atoms with van der Waals surface area (Å²) in [7, 11) is 1.56. The Morgan fingerprint density at radius 2 is 2.04 bits per heavy atom. The Kier molecular flexibility index (Phi) is 6.97. The first-order chi connectivity index (χ1) is 12.9. The van der Waals surface area contributed by atoms with Crippen LogP contribution in [0.1, 0.15) is 31.4 Å². The molecule has 0 aliphatic rings. The van der Waals surface area contributed by atoms with Crippen molar-refractivity contribution < 1.29 is 14.4 Å². The van der Waals surface area contributed by atoms with E-state index >= 15 is 0 Å². The maximum atomic E-state index is 10.8. The summed E-state index contributed by atoms with van der Waals surface area (Å²) < 4.78 is 12.1. The minimum absolute atomic E-state index is 0.0213. The summed E-state index contributed by atoms with van der Waals surface area (Å²) in [6.45, 7) is 4.01. The molecule has 2 aromatic carbocycles. The van der Waals surface area contributed by atoms with Crippen molar-refractivity contribution in [1.29, 1.82) is 5.26 Å². The molecule has 2 aromatic rings. The van der Waals surface area contributed by atoms with Gasteiger partial charge in [-0.2, -0.15) is 5.26 Å². The first-order valence-corrected chi connectivity index (χ1v) is 9.09. The first kappa shape index (κ1) is 20.5. The molecule has 2 rings (SSSR count). The van der Waals surface area contributed by atoms with Crippen molar-refractivity contribution in [3.63, 3.8) is 0 Å². The van der Waals surface area contributed by atoms with E-state index < -0.39 is 4.92 Å². The van der Waals surface area contributed by atoms with Crippen molar-refractivity contribution in [2.45, 2.75) is 26.4 Å². The summed E-state index contributed by atoms with van der Waals surface area (Å²) in [4.78, 5) is 10.3. The summed E-state index contributed by atoms with van der Waals surface area (Å²) in [5, 5.41) is 20.3. The lowest BCUT2D eigenvalue weighted by Crippen LogP contribution is -2.11. The van der Waals surface area contributed by atoms with E-state index in [0.29, 0.717) is 22.6 Å². The molecular formula is C20H19BrN2O4. The molecule has 0 aliphatic carbocycles. The molecule has 0 saturated heterocycles. The molecule has 0 bridgehead atoms. The summed E-state index contributed by atoms with van der Waals surface area (Å²) in [5.41, 5.74) is 1.70. The summed E-state index contributed by atoms with van der Waals surface area (Å²) >= 11 is 3.50. The number of nitro benzene ring substituents is 1. The number of non-ortho nitro benzene ring substituents is 1. The SMILES string of the molecule is CC[C@@H](C)Oc1c(Br)cc(/C=C(/C#N)c2ccc([N+](=O)[O-])cc2)cc1OC. The Morgan fingerprint density at radius 3 is 2.56 bits per heavy atom. The second kappa shape index (κ2) is 9.19. The fourth-order valence-corrected chi connectivity index (χ4v) is 2.88. The Labute approximate surface area is 166 Å². The maximum Gasteiger partial charge on any atom is 0.269 e. The smallest absolute Gasteiger partial charge is 0.269 e. The van der Waals surface area contributed by atoms with Crippen molar-refractivity contribution in [3.05, 3.63) is 62.1 Å². The van der Waals surface area contributed by atoms with Gasteiger partial charge in [-0.1, -0.05) is 6.92 Å². The first-order valence-electron chi connectivity index (χ1n) is 8.30. The van der Waals surface area contributed by atoms with Crippen LogP contribution in [0, 0.1) is 21.4 Å². The zero-order valence-electron chi connectivity index (χ0n) is 15.2. The van der Waals surface area contributed by atoms with Crippen LogP contribution >= 0.6 is 15.9 Å². The molecule has 0 heterocycles. The van der Waals surface area contributed by atoms with Crippen LogP contribution in [0.3, 0.4) is 0 Å². The van der Waals surface area contributed by atoms with Gasteiger partial charge < -0.3 is 9.47 Å². The fourth-order valence-electron chi connectivity index (χ4n) is 2.33. The van der Waals surface area contributed by atoms with Crippen LogP contribution < -0.4 is 9.47 Å². The number of hydrogen-bond acceptors (Lipinski definition) is 5. The molecule has 0 radical (unpaired) electrons. The van der Waals surface area contributed by atoms with Gasteiger partial charge in [0.05, 0.1) is 34.3 Å². The van der Waals surface area contributed by atoms with Gasteiger partial charge >= 0.3 is 0 Å². The largest absolute Gasteiger partial charge is 0.493 e. The zero-order valence-corrected chi connectivity index (χ0v) is 16.8. The van der Waals surface area contributed by atoms with Gasteiger partial charge in [0.1, 0.15) is 0 Å².